The van der Waals surface area contributed by atoms with Gasteiger partial charge < -0.3 is 14.6 Å². The van der Waals surface area contributed by atoms with Crippen molar-refractivity contribution in [3.63, 3.8) is 0 Å². The summed E-state index contributed by atoms with van der Waals surface area (Å²) in [5.74, 6) is 3.31. The average molecular weight is 225 g/mol. The number of carbonyl (C=O) groups is 1. The van der Waals surface area contributed by atoms with Crippen LogP contribution in [0.1, 0.15) is 12.8 Å². The summed E-state index contributed by atoms with van der Waals surface area (Å²) in [6.45, 7) is 3.54. The highest BCUT2D eigenvalue weighted by Crippen LogP contribution is 2.30. The highest BCUT2D eigenvalue weighted by molar-refractivity contribution is 5.86. The van der Waals surface area contributed by atoms with Gasteiger partial charge in [0, 0.05) is 31.9 Å². The summed E-state index contributed by atoms with van der Waals surface area (Å²) >= 11 is 0. The lowest BCUT2D eigenvalue weighted by Gasteiger charge is -2.36. The summed E-state index contributed by atoms with van der Waals surface area (Å²) < 4.78 is 11.2. The molecule has 0 amide bonds. The van der Waals surface area contributed by atoms with Crippen LogP contribution < -0.4 is 0 Å². The molecule has 2 rings (SSSR count). The van der Waals surface area contributed by atoms with Crippen LogP contribution in [-0.2, 0) is 14.3 Å². The molecule has 2 aliphatic heterocycles. The number of ether oxygens (including phenoxy) is 2. The molecule has 2 saturated heterocycles. The van der Waals surface area contributed by atoms with Crippen molar-refractivity contribution in [1.82, 2.24) is 4.90 Å². The number of hydrogen-bond donors (Lipinski definition) is 1. The van der Waals surface area contributed by atoms with Crippen molar-refractivity contribution in [2.45, 2.75) is 18.6 Å². The number of likely N-dealkylation sites (tertiary alicyclic amines) is 1. The first-order valence-electron chi connectivity index (χ1n) is 5.42. The molecule has 2 fully saturated rings. The lowest BCUT2D eigenvalue weighted by molar-refractivity contribution is -0.184. The molecule has 0 radical (unpaired) electrons. The van der Waals surface area contributed by atoms with Gasteiger partial charge in [0.25, 0.3) is 0 Å². The SMILES string of the molecule is O=C(O)C#CCN1CCC2(CC1)OCCO2. The van der Waals surface area contributed by atoms with Gasteiger partial charge in [-0.15, -0.1) is 0 Å². The molecule has 1 spiro atoms. The van der Waals surface area contributed by atoms with Gasteiger partial charge in [0.15, 0.2) is 5.79 Å². The molecule has 5 heteroatoms. The second-order valence-corrected chi connectivity index (χ2v) is 3.99. The molecule has 0 unspecified atom stereocenters. The van der Waals surface area contributed by atoms with Crippen molar-refractivity contribution in [2.75, 3.05) is 32.8 Å². The molecule has 1 N–H and O–H groups in total. The van der Waals surface area contributed by atoms with Crippen molar-refractivity contribution in [1.29, 1.82) is 0 Å². The maximum absolute atomic E-state index is 10.2. The van der Waals surface area contributed by atoms with Crippen LogP contribution in [0.15, 0.2) is 0 Å². The third-order valence-corrected chi connectivity index (χ3v) is 2.93. The molecule has 0 aromatic rings. The van der Waals surface area contributed by atoms with E-state index in [0.29, 0.717) is 19.8 Å². The van der Waals surface area contributed by atoms with Gasteiger partial charge >= 0.3 is 5.97 Å². The molecule has 0 aromatic carbocycles. The van der Waals surface area contributed by atoms with E-state index in [-0.39, 0.29) is 5.79 Å². The molecule has 5 nitrogen and oxygen atoms in total. The van der Waals surface area contributed by atoms with E-state index in [4.69, 9.17) is 14.6 Å². The Hall–Kier alpha value is -1.09. The minimum absolute atomic E-state index is 0.364. The Kier molecular flexibility index (Phi) is 3.44. The van der Waals surface area contributed by atoms with Crippen molar-refractivity contribution >= 4 is 5.97 Å². The molecule has 2 aliphatic rings. The zero-order valence-electron chi connectivity index (χ0n) is 9.07. The predicted molar refractivity (Wildman–Crippen MR) is 55.7 cm³/mol. The van der Waals surface area contributed by atoms with Gasteiger partial charge in [0.1, 0.15) is 0 Å². The van der Waals surface area contributed by atoms with Gasteiger partial charge in [-0.1, -0.05) is 5.92 Å². The Bertz CT molecular complexity index is 315. The summed E-state index contributed by atoms with van der Waals surface area (Å²) in [6.07, 6.45) is 1.67. The van der Waals surface area contributed by atoms with Crippen LogP contribution in [0.4, 0.5) is 0 Å². The number of rotatable bonds is 1. The largest absolute Gasteiger partial charge is 0.472 e. The standard InChI is InChI=1S/C11H15NO4/c13-10(14)2-1-5-12-6-3-11(4-7-12)15-8-9-16-11/h3-9H2,(H,13,14). The first-order valence-corrected chi connectivity index (χ1v) is 5.42. The van der Waals surface area contributed by atoms with Gasteiger partial charge in [-0.3, -0.25) is 4.90 Å². The minimum atomic E-state index is -1.07. The van der Waals surface area contributed by atoms with E-state index in [2.05, 4.69) is 16.7 Å². The Labute approximate surface area is 94.3 Å². The van der Waals surface area contributed by atoms with Crippen LogP contribution in [0.25, 0.3) is 0 Å². The smallest absolute Gasteiger partial charge is 0.381 e. The predicted octanol–water partition coefficient (Wildman–Crippen LogP) is -0.0867. The van der Waals surface area contributed by atoms with E-state index in [1.807, 2.05) is 0 Å². The number of hydrogen-bond acceptors (Lipinski definition) is 4. The highest BCUT2D eigenvalue weighted by atomic mass is 16.7. The Morgan fingerprint density at radius 1 is 1.31 bits per heavy atom. The molecule has 0 bridgehead atoms. The fourth-order valence-corrected chi connectivity index (χ4v) is 2.06. The maximum Gasteiger partial charge on any atom is 0.381 e. The van der Waals surface area contributed by atoms with E-state index in [1.165, 1.54) is 0 Å². The van der Waals surface area contributed by atoms with Crippen molar-refractivity contribution in [2.24, 2.45) is 0 Å². The quantitative estimate of drug-likeness (QED) is 0.632. The second-order valence-electron chi connectivity index (χ2n) is 3.99. The Morgan fingerprint density at radius 2 is 1.94 bits per heavy atom. The highest BCUT2D eigenvalue weighted by Gasteiger charge is 2.39. The first-order chi connectivity index (χ1) is 7.70. The van der Waals surface area contributed by atoms with Crippen molar-refractivity contribution in [3.05, 3.63) is 0 Å². The summed E-state index contributed by atoms with van der Waals surface area (Å²) in [5.41, 5.74) is 0. The van der Waals surface area contributed by atoms with E-state index in [9.17, 15) is 4.79 Å². The summed E-state index contributed by atoms with van der Waals surface area (Å²) in [4.78, 5) is 12.3. The van der Waals surface area contributed by atoms with E-state index in [1.54, 1.807) is 0 Å². The molecule has 0 aromatic heterocycles. The van der Waals surface area contributed by atoms with E-state index >= 15 is 0 Å². The number of piperidine rings is 1. The van der Waals surface area contributed by atoms with Gasteiger partial charge in [0.05, 0.1) is 19.8 Å². The fraction of sp³-hybridized carbons (Fsp3) is 0.727. The van der Waals surface area contributed by atoms with Gasteiger partial charge in [-0.2, -0.15) is 0 Å². The molecule has 2 heterocycles. The molecular weight excluding hydrogens is 210 g/mol. The zero-order valence-corrected chi connectivity index (χ0v) is 9.07. The third-order valence-electron chi connectivity index (χ3n) is 2.93. The second kappa shape index (κ2) is 4.83. The zero-order chi connectivity index (χ0) is 11.4. The van der Waals surface area contributed by atoms with Crippen LogP contribution in [-0.4, -0.2) is 54.6 Å². The number of carboxylic acids is 1. The minimum Gasteiger partial charge on any atom is -0.472 e. The van der Waals surface area contributed by atoms with Crippen LogP contribution in [0.5, 0.6) is 0 Å². The van der Waals surface area contributed by atoms with Crippen molar-refractivity contribution < 1.29 is 19.4 Å². The summed E-state index contributed by atoms with van der Waals surface area (Å²) in [5, 5.41) is 8.38. The lowest BCUT2D eigenvalue weighted by atomic mass is 10.0. The number of carboxylic acid groups (broad SMARTS) is 1. The first kappa shape index (κ1) is 11.4. The van der Waals surface area contributed by atoms with Crippen LogP contribution >= 0.6 is 0 Å². The molecular formula is C11H15NO4. The third kappa shape index (κ3) is 2.73. The maximum atomic E-state index is 10.2. The van der Waals surface area contributed by atoms with Crippen molar-refractivity contribution in [3.8, 4) is 11.8 Å². The van der Waals surface area contributed by atoms with Gasteiger partial charge in [-0.05, 0) is 0 Å². The summed E-state index contributed by atoms with van der Waals surface area (Å²) in [7, 11) is 0. The molecule has 0 atom stereocenters. The van der Waals surface area contributed by atoms with Gasteiger partial charge in [-0.25, -0.2) is 4.79 Å². The monoisotopic (exact) mass is 225 g/mol. The normalized spacial score (nSPS) is 24.0. The lowest BCUT2D eigenvalue weighted by Crippen LogP contribution is -2.45. The molecule has 0 saturated carbocycles. The Balaban J connectivity index is 1.77. The molecule has 16 heavy (non-hydrogen) atoms. The molecule has 0 aliphatic carbocycles. The Morgan fingerprint density at radius 3 is 2.50 bits per heavy atom. The van der Waals surface area contributed by atoms with Crippen LogP contribution in [0.2, 0.25) is 0 Å². The molecule has 88 valence electrons. The van der Waals surface area contributed by atoms with E-state index in [0.717, 1.165) is 25.9 Å². The van der Waals surface area contributed by atoms with Crippen LogP contribution in [0.3, 0.4) is 0 Å². The summed E-state index contributed by atoms with van der Waals surface area (Å²) in [6, 6.07) is 0. The topological polar surface area (TPSA) is 59.0 Å². The number of aliphatic carboxylic acids is 1. The van der Waals surface area contributed by atoms with Crippen LogP contribution in [0, 0.1) is 11.8 Å². The average Bonchev–Trinajstić information content (AvgIpc) is 2.70. The van der Waals surface area contributed by atoms with Gasteiger partial charge in [0.2, 0.25) is 0 Å². The van der Waals surface area contributed by atoms with E-state index < -0.39 is 5.97 Å². The number of nitrogens with zero attached hydrogens (tertiary/aromatic N) is 1. The fourth-order valence-electron chi connectivity index (χ4n) is 2.06.